The summed E-state index contributed by atoms with van der Waals surface area (Å²) < 4.78 is 5.27. The standard InChI is InChI=1S/C7H7NO2S2/c1-10-6(9)5(4-8)7-11-2-3-12-7/h2-3H2,1H3. The Bertz CT molecular complexity index is 259. The molecule has 1 rings (SSSR count). The van der Waals surface area contributed by atoms with Crippen molar-refractivity contribution < 1.29 is 9.53 Å². The normalized spacial score (nSPS) is 15.5. The maximum Gasteiger partial charge on any atom is 0.350 e. The summed E-state index contributed by atoms with van der Waals surface area (Å²) in [4.78, 5) is 11.0. The van der Waals surface area contributed by atoms with Gasteiger partial charge in [0.05, 0.1) is 11.3 Å². The summed E-state index contributed by atoms with van der Waals surface area (Å²) in [5, 5.41) is 8.65. The largest absolute Gasteiger partial charge is 0.465 e. The summed E-state index contributed by atoms with van der Waals surface area (Å²) in [5.74, 6) is 1.39. The Morgan fingerprint density at radius 3 is 2.58 bits per heavy atom. The molecule has 64 valence electrons. The lowest BCUT2D eigenvalue weighted by Gasteiger charge is -1.98. The fourth-order valence-corrected chi connectivity index (χ4v) is 3.15. The Kier molecular flexibility index (Phi) is 3.50. The Morgan fingerprint density at radius 2 is 2.17 bits per heavy atom. The van der Waals surface area contributed by atoms with E-state index in [0.29, 0.717) is 0 Å². The minimum absolute atomic E-state index is 0.144. The molecule has 12 heavy (non-hydrogen) atoms. The highest BCUT2D eigenvalue weighted by molar-refractivity contribution is 8.25. The number of carbonyl (C=O) groups excluding carboxylic acids is 1. The predicted molar refractivity (Wildman–Crippen MR) is 49.6 cm³/mol. The maximum absolute atomic E-state index is 11.0. The van der Waals surface area contributed by atoms with Gasteiger partial charge >= 0.3 is 5.97 Å². The summed E-state index contributed by atoms with van der Waals surface area (Å²) in [7, 11) is 1.28. The molecule has 1 heterocycles. The van der Waals surface area contributed by atoms with Gasteiger partial charge in [-0.3, -0.25) is 0 Å². The smallest absolute Gasteiger partial charge is 0.350 e. The van der Waals surface area contributed by atoms with Crippen molar-refractivity contribution in [2.75, 3.05) is 18.6 Å². The molecule has 0 radical (unpaired) electrons. The molecule has 0 aromatic heterocycles. The van der Waals surface area contributed by atoms with E-state index in [0.717, 1.165) is 15.7 Å². The zero-order chi connectivity index (χ0) is 8.97. The summed E-state index contributed by atoms with van der Waals surface area (Å²) in [6.45, 7) is 0. The highest BCUT2D eigenvalue weighted by Gasteiger charge is 2.20. The molecule has 1 aliphatic heterocycles. The van der Waals surface area contributed by atoms with E-state index in [2.05, 4.69) is 4.74 Å². The molecule has 0 bridgehead atoms. The van der Waals surface area contributed by atoms with Gasteiger partial charge in [0.25, 0.3) is 0 Å². The van der Waals surface area contributed by atoms with Crippen molar-refractivity contribution in [2.24, 2.45) is 0 Å². The average molecular weight is 201 g/mol. The SMILES string of the molecule is COC(=O)C(C#N)=C1SCCS1. The van der Waals surface area contributed by atoms with Gasteiger partial charge in [-0.25, -0.2) is 4.79 Å². The molecule has 0 N–H and O–H groups in total. The molecule has 0 amide bonds. The monoisotopic (exact) mass is 201 g/mol. The second-order valence-corrected chi connectivity index (χ2v) is 4.43. The van der Waals surface area contributed by atoms with Crippen molar-refractivity contribution in [3.8, 4) is 6.07 Å². The van der Waals surface area contributed by atoms with E-state index >= 15 is 0 Å². The van der Waals surface area contributed by atoms with Gasteiger partial charge in [-0.1, -0.05) is 0 Å². The topological polar surface area (TPSA) is 50.1 Å². The molecule has 0 saturated carbocycles. The highest BCUT2D eigenvalue weighted by Crippen LogP contribution is 2.38. The summed E-state index contributed by atoms with van der Waals surface area (Å²) in [5.41, 5.74) is 0.144. The van der Waals surface area contributed by atoms with Crippen LogP contribution in [0, 0.1) is 11.3 Å². The van der Waals surface area contributed by atoms with Crippen LogP contribution in [0.5, 0.6) is 0 Å². The van der Waals surface area contributed by atoms with Crippen LogP contribution in [0.15, 0.2) is 9.81 Å². The van der Waals surface area contributed by atoms with E-state index in [1.54, 1.807) is 0 Å². The van der Waals surface area contributed by atoms with Crippen molar-refractivity contribution in [1.82, 2.24) is 0 Å². The number of esters is 1. The molecule has 0 unspecified atom stereocenters. The van der Waals surface area contributed by atoms with Crippen molar-refractivity contribution >= 4 is 29.5 Å². The Balaban J connectivity index is 2.86. The lowest BCUT2D eigenvalue weighted by molar-refractivity contribution is -0.135. The zero-order valence-corrected chi connectivity index (χ0v) is 8.13. The van der Waals surface area contributed by atoms with Crippen LogP contribution >= 0.6 is 23.5 Å². The summed E-state index contributed by atoms with van der Waals surface area (Å²) >= 11 is 3.08. The molecule has 0 aromatic rings. The van der Waals surface area contributed by atoms with Gasteiger partial charge in [-0.05, 0) is 0 Å². The van der Waals surface area contributed by atoms with Gasteiger partial charge in [-0.2, -0.15) is 5.26 Å². The third-order valence-electron chi connectivity index (χ3n) is 1.26. The molecule has 5 heteroatoms. The van der Waals surface area contributed by atoms with Crippen LogP contribution in [0.2, 0.25) is 0 Å². The Morgan fingerprint density at radius 1 is 1.58 bits per heavy atom. The van der Waals surface area contributed by atoms with Crippen molar-refractivity contribution in [2.45, 2.75) is 0 Å². The van der Waals surface area contributed by atoms with Crippen LogP contribution in [-0.4, -0.2) is 24.6 Å². The zero-order valence-electron chi connectivity index (χ0n) is 6.49. The number of nitriles is 1. The van der Waals surface area contributed by atoms with Crippen LogP contribution in [0.1, 0.15) is 0 Å². The molecule has 1 aliphatic rings. The van der Waals surface area contributed by atoms with Gasteiger partial charge in [0.1, 0.15) is 6.07 Å². The third kappa shape index (κ3) is 1.96. The van der Waals surface area contributed by atoms with Gasteiger partial charge < -0.3 is 4.74 Å². The molecule has 3 nitrogen and oxygen atoms in total. The van der Waals surface area contributed by atoms with Crippen LogP contribution in [0.25, 0.3) is 0 Å². The van der Waals surface area contributed by atoms with Crippen LogP contribution < -0.4 is 0 Å². The summed E-state index contributed by atoms with van der Waals surface area (Å²) in [6.07, 6.45) is 0. The highest BCUT2D eigenvalue weighted by atomic mass is 32.2. The lowest BCUT2D eigenvalue weighted by Crippen LogP contribution is -2.03. The Hall–Kier alpha value is -0.600. The van der Waals surface area contributed by atoms with E-state index in [1.165, 1.54) is 30.6 Å². The minimum Gasteiger partial charge on any atom is -0.465 e. The van der Waals surface area contributed by atoms with E-state index in [9.17, 15) is 4.79 Å². The second kappa shape index (κ2) is 4.43. The fourth-order valence-electron chi connectivity index (χ4n) is 0.731. The van der Waals surface area contributed by atoms with Crippen molar-refractivity contribution in [3.05, 3.63) is 9.81 Å². The molecule has 1 fully saturated rings. The van der Waals surface area contributed by atoms with E-state index in [-0.39, 0.29) is 5.57 Å². The quantitative estimate of drug-likeness (QED) is 0.364. The first-order chi connectivity index (χ1) is 5.79. The van der Waals surface area contributed by atoms with E-state index < -0.39 is 5.97 Å². The number of methoxy groups -OCH3 is 1. The number of nitrogens with zero attached hydrogens (tertiary/aromatic N) is 1. The number of thioether (sulfide) groups is 2. The molecule has 1 saturated heterocycles. The second-order valence-electron chi connectivity index (χ2n) is 1.96. The molecular weight excluding hydrogens is 194 g/mol. The van der Waals surface area contributed by atoms with Crippen LogP contribution in [0.4, 0.5) is 0 Å². The van der Waals surface area contributed by atoms with Gasteiger partial charge in [-0.15, -0.1) is 23.5 Å². The van der Waals surface area contributed by atoms with Crippen molar-refractivity contribution in [1.29, 1.82) is 5.26 Å². The molecule has 0 atom stereocenters. The third-order valence-corrected chi connectivity index (χ3v) is 3.97. The number of hydrogen-bond acceptors (Lipinski definition) is 5. The van der Waals surface area contributed by atoms with Gasteiger partial charge in [0.15, 0.2) is 5.57 Å². The first kappa shape index (κ1) is 9.49. The lowest BCUT2D eigenvalue weighted by atomic mass is 10.3. The molecule has 0 aromatic carbocycles. The first-order valence-corrected chi connectivity index (χ1v) is 5.25. The van der Waals surface area contributed by atoms with E-state index in [1.807, 2.05) is 6.07 Å². The average Bonchev–Trinajstić information content (AvgIpc) is 2.58. The molecule has 0 spiro atoms. The van der Waals surface area contributed by atoms with Crippen LogP contribution in [-0.2, 0) is 9.53 Å². The number of rotatable bonds is 1. The van der Waals surface area contributed by atoms with Gasteiger partial charge in [0.2, 0.25) is 0 Å². The summed E-state index contributed by atoms with van der Waals surface area (Å²) in [6, 6.07) is 1.86. The number of hydrogen-bond donors (Lipinski definition) is 0. The van der Waals surface area contributed by atoms with Gasteiger partial charge in [0, 0.05) is 11.5 Å². The molecule has 0 aliphatic carbocycles. The Labute approximate surface area is 79.1 Å². The predicted octanol–water partition coefficient (Wildman–Crippen LogP) is 1.37. The van der Waals surface area contributed by atoms with Crippen molar-refractivity contribution in [3.63, 3.8) is 0 Å². The molecular formula is C7H7NO2S2. The maximum atomic E-state index is 11.0. The van der Waals surface area contributed by atoms with Crippen LogP contribution in [0.3, 0.4) is 0 Å². The minimum atomic E-state index is -0.533. The first-order valence-electron chi connectivity index (χ1n) is 3.28. The number of ether oxygens (including phenoxy) is 1. The van der Waals surface area contributed by atoms with E-state index in [4.69, 9.17) is 5.26 Å². The fraction of sp³-hybridized carbons (Fsp3) is 0.429. The number of carbonyl (C=O) groups is 1.